The molecule has 1 saturated heterocycles. The number of aryl methyl sites for hydroxylation is 1. The summed E-state index contributed by atoms with van der Waals surface area (Å²) in [7, 11) is 0. The van der Waals surface area contributed by atoms with Gasteiger partial charge in [-0.2, -0.15) is 0 Å². The summed E-state index contributed by atoms with van der Waals surface area (Å²) in [5.74, 6) is 1.12. The van der Waals surface area contributed by atoms with Crippen molar-refractivity contribution in [3.8, 4) is 23.0 Å². The molecule has 48 heavy (non-hydrogen) atoms. The first-order chi connectivity index (χ1) is 23.2. The van der Waals surface area contributed by atoms with Crippen molar-refractivity contribution in [2.45, 2.75) is 50.3 Å². The number of hydrogen-bond donors (Lipinski definition) is 1. The van der Waals surface area contributed by atoms with Crippen LogP contribution < -0.4 is 23.8 Å². The lowest BCUT2D eigenvalue weighted by Crippen LogP contribution is -2.29. The lowest BCUT2D eigenvalue weighted by molar-refractivity contribution is -0.132. The number of ketones is 1. The van der Waals surface area contributed by atoms with Crippen LogP contribution in [0.25, 0.3) is 5.76 Å². The molecule has 0 bridgehead atoms. The number of benzene rings is 3. The molecule has 4 aromatic rings. The van der Waals surface area contributed by atoms with Crippen LogP contribution in [0.5, 0.6) is 23.0 Å². The number of nitrogens with zero attached hydrogens (tertiary/aromatic N) is 3. The third kappa shape index (κ3) is 7.14. The van der Waals surface area contributed by atoms with Gasteiger partial charge in [0.25, 0.3) is 5.78 Å². The molecule has 3 aromatic carbocycles. The number of aromatic nitrogens is 2. The SMILES string of the molecule is CCOc1cc(C2/C(=C(/O)c3ccc4c(c3)OCCO4)C(=O)C(=O)N2c2nnc(SCc3ccc(C)cc3)s2)ccc1OCCC(C)C. The number of anilines is 1. The molecular weight excluding hydrogens is 651 g/mol. The largest absolute Gasteiger partial charge is 0.507 e. The van der Waals surface area contributed by atoms with Crippen molar-refractivity contribution in [1.82, 2.24) is 10.2 Å². The average Bonchev–Trinajstić information content (AvgIpc) is 3.66. The molecule has 250 valence electrons. The normalized spacial score (nSPS) is 16.9. The van der Waals surface area contributed by atoms with Gasteiger partial charge in [-0.05, 0) is 67.6 Å². The minimum absolute atomic E-state index is 0.0864. The van der Waals surface area contributed by atoms with E-state index in [4.69, 9.17) is 18.9 Å². The number of fused-ring (bicyclic) bond motifs is 1. The van der Waals surface area contributed by atoms with E-state index in [1.807, 2.05) is 13.8 Å². The van der Waals surface area contributed by atoms with E-state index in [0.717, 1.165) is 12.0 Å². The van der Waals surface area contributed by atoms with E-state index in [-0.39, 0.29) is 16.5 Å². The zero-order valence-electron chi connectivity index (χ0n) is 27.2. The Morgan fingerprint density at radius 2 is 1.77 bits per heavy atom. The van der Waals surface area contributed by atoms with E-state index >= 15 is 0 Å². The zero-order chi connectivity index (χ0) is 33.8. The zero-order valence-corrected chi connectivity index (χ0v) is 28.9. The Morgan fingerprint density at radius 3 is 2.52 bits per heavy atom. The molecule has 2 aliphatic heterocycles. The van der Waals surface area contributed by atoms with Crippen LogP contribution in [0.2, 0.25) is 0 Å². The maximum absolute atomic E-state index is 13.8. The van der Waals surface area contributed by atoms with Crippen molar-refractivity contribution in [3.05, 3.63) is 88.5 Å². The molecule has 1 fully saturated rings. The second-order valence-corrected chi connectivity index (χ2v) is 14.0. The molecule has 2 aliphatic rings. The molecule has 1 N–H and O–H groups in total. The number of ether oxygens (including phenoxy) is 4. The van der Waals surface area contributed by atoms with Crippen LogP contribution in [0.3, 0.4) is 0 Å². The summed E-state index contributed by atoms with van der Waals surface area (Å²) >= 11 is 2.71. The monoisotopic (exact) mass is 687 g/mol. The molecule has 1 amide bonds. The molecule has 0 spiro atoms. The molecule has 0 aliphatic carbocycles. The predicted octanol–water partition coefficient (Wildman–Crippen LogP) is 7.36. The van der Waals surface area contributed by atoms with E-state index in [1.165, 1.54) is 33.6 Å². The molecule has 6 rings (SSSR count). The molecule has 12 heteroatoms. The Balaban J connectivity index is 1.40. The number of aliphatic hydroxyl groups excluding tert-OH is 1. The van der Waals surface area contributed by atoms with Crippen LogP contribution in [0.4, 0.5) is 5.13 Å². The fourth-order valence-corrected chi connectivity index (χ4v) is 7.19. The van der Waals surface area contributed by atoms with Crippen LogP contribution >= 0.6 is 23.1 Å². The highest BCUT2D eigenvalue weighted by Crippen LogP contribution is 2.46. The third-order valence-electron chi connectivity index (χ3n) is 7.88. The summed E-state index contributed by atoms with van der Waals surface area (Å²) in [5.41, 5.74) is 3.07. The van der Waals surface area contributed by atoms with Gasteiger partial charge in [0, 0.05) is 11.3 Å². The Labute approximate surface area is 287 Å². The maximum atomic E-state index is 13.8. The van der Waals surface area contributed by atoms with E-state index in [2.05, 4.69) is 48.3 Å². The van der Waals surface area contributed by atoms with Crippen LogP contribution in [0, 0.1) is 12.8 Å². The lowest BCUT2D eigenvalue weighted by atomic mass is 9.95. The van der Waals surface area contributed by atoms with Crippen molar-refractivity contribution in [2.75, 3.05) is 31.3 Å². The summed E-state index contributed by atoms with van der Waals surface area (Å²) in [6.45, 7) is 9.81. The number of amides is 1. The Kier molecular flexibility index (Phi) is 10.2. The van der Waals surface area contributed by atoms with Crippen LogP contribution in [0.15, 0.2) is 70.6 Å². The fourth-order valence-electron chi connectivity index (χ4n) is 5.37. The quantitative estimate of drug-likeness (QED) is 0.0532. The van der Waals surface area contributed by atoms with Gasteiger partial charge in [-0.3, -0.25) is 14.5 Å². The Morgan fingerprint density at radius 1 is 1.00 bits per heavy atom. The summed E-state index contributed by atoms with van der Waals surface area (Å²) < 4.78 is 24.0. The van der Waals surface area contributed by atoms with Gasteiger partial charge in [0.1, 0.15) is 19.0 Å². The minimum Gasteiger partial charge on any atom is -0.507 e. The van der Waals surface area contributed by atoms with E-state index < -0.39 is 17.7 Å². The summed E-state index contributed by atoms with van der Waals surface area (Å²) in [4.78, 5) is 29.0. The number of carbonyl (C=O) groups excluding carboxylic acids is 2. The fraction of sp³-hybridized carbons (Fsp3) is 0.333. The van der Waals surface area contributed by atoms with Gasteiger partial charge in [-0.15, -0.1) is 10.2 Å². The van der Waals surface area contributed by atoms with Gasteiger partial charge in [0.15, 0.2) is 27.3 Å². The van der Waals surface area contributed by atoms with Gasteiger partial charge in [-0.1, -0.05) is 72.8 Å². The maximum Gasteiger partial charge on any atom is 0.301 e. The van der Waals surface area contributed by atoms with Gasteiger partial charge in [0.2, 0.25) is 5.13 Å². The second kappa shape index (κ2) is 14.7. The van der Waals surface area contributed by atoms with Gasteiger partial charge in [-0.25, -0.2) is 0 Å². The topological polar surface area (TPSA) is 120 Å². The predicted molar refractivity (Wildman–Crippen MR) is 185 cm³/mol. The highest BCUT2D eigenvalue weighted by atomic mass is 32.2. The first-order valence-electron chi connectivity index (χ1n) is 15.9. The molecule has 0 saturated carbocycles. The molecular formula is C36H37N3O7S2. The van der Waals surface area contributed by atoms with Gasteiger partial charge in [0.05, 0.1) is 24.8 Å². The summed E-state index contributed by atoms with van der Waals surface area (Å²) in [6.07, 6.45) is 0.865. The molecule has 1 atom stereocenters. The molecule has 3 heterocycles. The number of Topliss-reactive ketones (excluding diaryl/α,β-unsaturated/α-hetero) is 1. The lowest BCUT2D eigenvalue weighted by Gasteiger charge is -2.24. The number of hydrogen-bond acceptors (Lipinski definition) is 11. The van der Waals surface area contributed by atoms with Gasteiger partial charge < -0.3 is 24.1 Å². The Bertz CT molecular complexity index is 1840. The van der Waals surface area contributed by atoms with Crippen molar-refractivity contribution >= 4 is 45.7 Å². The number of thioether (sulfide) groups is 1. The minimum atomic E-state index is -1.02. The van der Waals surface area contributed by atoms with Crippen LogP contribution in [-0.4, -0.2) is 53.4 Å². The van der Waals surface area contributed by atoms with Crippen LogP contribution in [-0.2, 0) is 15.3 Å². The molecule has 0 radical (unpaired) electrons. The van der Waals surface area contributed by atoms with Crippen molar-refractivity contribution in [1.29, 1.82) is 0 Å². The van der Waals surface area contributed by atoms with Crippen molar-refractivity contribution in [3.63, 3.8) is 0 Å². The summed E-state index contributed by atoms with van der Waals surface area (Å²) in [5, 5.41) is 20.7. The van der Waals surface area contributed by atoms with Crippen molar-refractivity contribution < 1.29 is 33.6 Å². The Hall–Kier alpha value is -4.55. The molecule has 1 unspecified atom stereocenters. The highest BCUT2D eigenvalue weighted by Gasteiger charge is 2.48. The number of rotatable bonds is 12. The smallest absolute Gasteiger partial charge is 0.301 e. The van der Waals surface area contributed by atoms with Crippen molar-refractivity contribution in [2.24, 2.45) is 5.92 Å². The molecule has 10 nitrogen and oxygen atoms in total. The highest BCUT2D eigenvalue weighted by molar-refractivity contribution is 8.00. The van der Waals surface area contributed by atoms with E-state index in [9.17, 15) is 14.7 Å². The van der Waals surface area contributed by atoms with E-state index in [0.29, 0.717) is 76.6 Å². The second-order valence-electron chi connectivity index (χ2n) is 11.8. The first kappa shape index (κ1) is 33.4. The molecule has 1 aromatic heterocycles. The standard InChI is InChI=1S/C36H37N3O7S2/c1-5-43-28-18-24(10-12-26(28)44-15-14-21(2)3)31-30(32(40)25-11-13-27-29(19-25)46-17-16-45-27)33(41)34(42)39(31)35-37-38-36(48-35)47-20-23-8-6-22(4)7-9-23/h6-13,18-19,21,31,40H,5,14-17,20H2,1-4H3/b32-30-. The first-order valence-corrected chi connectivity index (χ1v) is 17.7. The number of carbonyl (C=O) groups is 2. The van der Waals surface area contributed by atoms with E-state index in [1.54, 1.807) is 36.4 Å². The number of aliphatic hydroxyl groups is 1. The average molecular weight is 688 g/mol. The summed E-state index contributed by atoms with van der Waals surface area (Å²) in [6, 6.07) is 17.4. The van der Waals surface area contributed by atoms with Gasteiger partial charge >= 0.3 is 5.91 Å². The van der Waals surface area contributed by atoms with Crippen LogP contribution in [0.1, 0.15) is 55.5 Å². The third-order valence-corrected chi connectivity index (χ3v) is 10.0.